The third-order valence-electron chi connectivity index (χ3n) is 2.78. The maximum atomic E-state index is 11.8. The molecule has 0 radical (unpaired) electrons. The van der Waals surface area contributed by atoms with E-state index in [-0.39, 0.29) is 12.4 Å². The average Bonchev–Trinajstić information content (AvgIpc) is 2.37. The molecule has 0 saturated carbocycles. The monoisotopic (exact) mass is 331 g/mol. The first-order valence-corrected chi connectivity index (χ1v) is 8.10. The van der Waals surface area contributed by atoms with Crippen LogP contribution in [0.3, 0.4) is 0 Å². The molecular weight excluding hydrogens is 309 g/mol. The molecule has 0 aromatic heterocycles. The zero-order valence-corrected chi connectivity index (χ0v) is 14.4. The number of nitrogens with zero attached hydrogens (tertiary/aromatic N) is 1. The third-order valence-corrected chi connectivity index (χ3v) is 3.12. The first-order valence-electron chi connectivity index (χ1n) is 7.03. The van der Waals surface area contributed by atoms with Crippen molar-refractivity contribution in [2.24, 2.45) is 0 Å². The second-order valence-corrected chi connectivity index (χ2v) is 6.55. The van der Waals surface area contributed by atoms with Crippen molar-refractivity contribution in [2.75, 3.05) is 29.7 Å². The Labute approximate surface area is 137 Å². The number of rotatable bonds is 7. The van der Waals surface area contributed by atoms with Crippen LogP contribution >= 0.6 is 23.2 Å². The predicted octanol–water partition coefficient (Wildman–Crippen LogP) is 3.85. The van der Waals surface area contributed by atoms with Crippen molar-refractivity contribution in [3.05, 3.63) is 29.8 Å². The van der Waals surface area contributed by atoms with E-state index in [4.69, 9.17) is 27.9 Å². The minimum atomic E-state index is -0.450. The van der Waals surface area contributed by atoms with Crippen LogP contribution in [0, 0.1) is 0 Å². The van der Waals surface area contributed by atoms with Crippen LogP contribution in [-0.4, -0.2) is 36.4 Å². The third kappa shape index (κ3) is 7.05. The van der Waals surface area contributed by atoms with Crippen molar-refractivity contribution >= 4 is 34.9 Å². The van der Waals surface area contributed by atoms with Gasteiger partial charge >= 0.3 is 5.97 Å². The average molecular weight is 332 g/mol. The Morgan fingerprint density at radius 1 is 1.10 bits per heavy atom. The minimum Gasteiger partial charge on any atom is -0.460 e. The molecule has 0 aliphatic carbocycles. The highest BCUT2D eigenvalue weighted by atomic mass is 35.5. The van der Waals surface area contributed by atoms with Crippen molar-refractivity contribution in [3.8, 4) is 0 Å². The van der Waals surface area contributed by atoms with Crippen molar-refractivity contribution in [2.45, 2.75) is 32.8 Å². The van der Waals surface area contributed by atoms with Gasteiger partial charge in [0.05, 0.1) is 6.42 Å². The molecule has 0 aliphatic heterocycles. The second kappa shape index (κ2) is 8.50. The van der Waals surface area contributed by atoms with Crippen LogP contribution in [0.25, 0.3) is 0 Å². The van der Waals surface area contributed by atoms with Gasteiger partial charge in [0.25, 0.3) is 0 Å². The van der Waals surface area contributed by atoms with Gasteiger partial charge in [-0.25, -0.2) is 0 Å². The van der Waals surface area contributed by atoms with Crippen LogP contribution in [0.2, 0.25) is 0 Å². The van der Waals surface area contributed by atoms with Crippen LogP contribution in [0.5, 0.6) is 0 Å². The molecule has 0 bridgehead atoms. The lowest BCUT2D eigenvalue weighted by atomic mass is 10.1. The number of esters is 1. The number of alkyl halides is 2. The van der Waals surface area contributed by atoms with Crippen LogP contribution in [-0.2, 0) is 16.0 Å². The number of hydrogen-bond donors (Lipinski definition) is 0. The van der Waals surface area contributed by atoms with Gasteiger partial charge in [-0.2, -0.15) is 0 Å². The fourth-order valence-corrected chi connectivity index (χ4v) is 2.35. The topological polar surface area (TPSA) is 29.5 Å². The number of carbonyl (C=O) groups excluding carboxylic acids is 1. The van der Waals surface area contributed by atoms with Crippen molar-refractivity contribution in [1.82, 2.24) is 0 Å². The Bertz CT molecular complexity index is 435. The van der Waals surface area contributed by atoms with Gasteiger partial charge in [0, 0.05) is 30.5 Å². The summed E-state index contributed by atoms with van der Waals surface area (Å²) in [6.07, 6.45) is 0.280. The Kier molecular flexibility index (Phi) is 7.33. The molecule has 0 heterocycles. The summed E-state index contributed by atoms with van der Waals surface area (Å²) in [7, 11) is 0. The molecule has 0 amide bonds. The van der Waals surface area contributed by atoms with Crippen LogP contribution < -0.4 is 4.90 Å². The molecule has 1 aromatic carbocycles. The summed E-state index contributed by atoms with van der Waals surface area (Å²) in [6, 6.07) is 7.85. The number of carbonyl (C=O) groups is 1. The van der Waals surface area contributed by atoms with E-state index in [2.05, 4.69) is 4.90 Å². The lowest BCUT2D eigenvalue weighted by Gasteiger charge is -2.23. The predicted molar refractivity (Wildman–Crippen MR) is 89.6 cm³/mol. The summed E-state index contributed by atoms with van der Waals surface area (Å²) in [6.45, 7) is 7.10. The molecular formula is C16H23Cl2NO2. The zero-order chi connectivity index (χ0) is 15.9. The van der Waals surface area contributed by atoms with Crippen molar-refractivity contribution in [1.29, 1.82) is 0 Å². The lowest BCUT2D eigenvalue weighted by molar-refractivity contribution is -0.153. The van der Waals surface area contributed by atoms with Gasteiger partial charge in [-0.15, -0.1) is 23.2 Å². The molecule has 0 atom stereocenters. The highest BCUT2D eigenvalue weighted by molar-refractivity contribution is 6.18. The number of benzene rings is 1. The number of halogens is 2. The van der Waals surface area contributed by atoms with E-state index in [1.807, 2.05) is 45.0 Å². The maximum Gasteiger partial charge on any atom is 0.310 e. The molecule has 0 fully saturated rings. The standard InChI is InChI=1S/C16H23Cl2NO2/c1-16(2,3)21-15(20)12-13-4-6-14(7-5-13)19(10-8-17)11-9-18/h4-7H,8-12H2,1-3H3. The number of ether oxygens (including phenoxy) is 1. The Morgan fingerprint density at radius 3 is 2.05 bits per heavy atom. The van der Waals surface area contributed by atoms with E-state index in [0.29, 0.717) is 11.8 Å². The Balaban J connectivity index is 2.66. The number of hydrogen-bond acceptors (Lipinski definition) is 3. The van der Waals surface area contributed by atoms with Gasteiger partial charge in [0.2, 0.25) is 0 Å². The van der Waals surface area contributed by atoms with Gasteiger partial charge in [0.1, 0.15) is 5.60 Å². The summed E-state index contributed by atoms with van der Waals surface area (Å²) in [5.74, 6) is 0.890. The zero-order valence-electron chi connectivity index (χ0n) is 12.9. The molecule has 0 N–H and O–H groups in total. The summed E-state index contributed by atoms with van der Waals surface area (Å²) < 4.78 is 5.31. The molecule has 0 aliphatic rings. The van der Waals surface area contributed by atoms with E-state index >= 15 is 0 Å². The normalized spacial score (nSPS) is 11.3. The van der Waals surface area contributed by atoms with Gasteiger partial charge in [-0.3, -0.25) is 4.79 Å². The lowest BCUT2D eigenvalue weighted by Crippen LogP contribution is -2.27. The maximum absolute atomic E-state index is 11.8. The summed E-state index contributed by atoms with van der Waals surface area (Å²) in [5.41, 5.74) is 1.54. The molecule has 21 heavy (non-hydrogen) atoms. The van der Waals surface area contributed by atoms with Gasteiger partial charge in [0.15, 0.2) is 0 Å². The van der Waals surface area contributed by atoms with E-state index in [1.54, 1.807) is 0 Å². The first kappa shape index (κ1) is 18.1. The van der Waals surface area contributed by atoms with Gasteiger partial charge in [-0.1, -0.05) is 12.1 Å². The fraction of sp³-hybridized carbons (Fsp3) is 0.562. The molecule has 0 unspecified atom stereocenters. The van der Waals surface area contributed by atoms with Crippen LogP contribution in [0.4, 0.5) is 5.69 Å². The van der Waals surface area contributed by atoms with E-state index in [0.717, 1.165) is 24.3 Å². The molecule has 3 nitrogen and oxygen atoms in total. The van der Waals surface area contributed by atoms with Crippen LogP contribution in [0.1, 0.15) is 26.3 Å². The fourth-order valence-electron chi connectivity index (χ4n) is 1.94. The molecule has 1 aromatic rings. The smallest absolute Gasteiger partial charge is 0.310 e. The van der Waals surface area contributed by atoms with Crippen molar-refractivity contribution < 1.29 is 9.53 Å². The largest absolute Gasteiger partial charge is 0.460 e. The Morgan fingerprint density at radius 2 is 1.62 bits per heavy atom. The van der Waals surface area contributed by atoms with Gasteiger partial charge < -0.3 is 9.64 Å². The SMILES string of the molecule is CC(C)(C)OC(=O)Cc1ccc(N(CCCl)CCCl)cc1. The number of anilines is 1. The molecule has 0 saturated heterocycles. The minimum absolute atomic E-state index is 0.214. The van der Waals surface area contributed by atoms with E-state index in [1.165, 1.54) is 0 Å². The summed E-state index contributed by atoms with van der Waals surface area (Å²) in [5, 5.41) is 0. The quantitative estimate of drug-likeness (QED) is 0.561. The first-order chi connectivity index (χ1) is 9.85. The van der Waals surface area contributed by atoms with Gasteiger partial charge in [-0.05, 0) is 38.5 Å². The highest BCUT2D eigenvalue weighted by Crippen LogP contribution is 2.17. The molecule has 118 valence electrons. The van der Waals surface area contributed by atoms with Crippen LogP contribution in [0.15, 0.2) is 24.3 Å². The summed E-state index contributed by atoms with van der Waals surface area (Å²) >= 11 is 11.6. The molecule has 5 heteroatoms. The summed E-state index contributed by atoms with van der Waals surface area (Å²) in [4.78, 5) is 13.9. The molecule has 1 rings (SSSR count). The van der Waals surface area contributed by atoms with Crippen molar-refractivity contribution in [3.63, 3.8) is 0 Å². The van der Waals surface area contributed by atoms with E-state index < -0.39 is 5.60 Å². The second-order valence-electron chi connectivity index (χ2n) is 5.79. The highest BCUT2D eigenvalue weighted by Gasteiger charge is 2.16. The van der Waals surface area contributed by atoms with E-state index in [9.17, 15) is 4.79 Å². The Hall–Kier alpha value is -0.930. The molecule has 0 spiro atoms.